The van der Waals surface area contributed by atoms with E-state index in [0.717, 1.165) is 17.8 Å². The van der Waals surface area contributed by atoms with Gasteiger partial charge in [0.1, 0.15) is 0 Å². The van der Waals surface area contributed by atoms with Crippen molar-refractivity contribution in [1.29, 1.82) is 0 Å². The summed E-state index contributed by atoms with van der Waals surface area (Å²) in [5.41, 5.74) is 0.547. The summed E-state index contributed by atoms with van der Waals surface area (Å²) < 4.78 is 40.7. The number of nitrogens with one attached hydrogen (secondary N) is 1. The first-order valence-electron chi connectivity index (χ1n) is 8.39. The molecule has 0 unspecified atom stereocenters. The van der Waals surface area contributed by atoms with E-state index in [1.54, 1.807) is 10.9 Å². The van der Waals surface area contributed by atoms with Crippen LogP contribution in [0.4, 0.5) is 19.0 Å². The van der Waals surface area contributed by atoms with Crippen molar-refractivity contribution in [2.45, 2.75) is 25.9 Å². The Bertz CT molecular complexity index is 944. The molecule has 7 heteroatoms. The van der Waals surface area contributed by atoms with Crippen molar-refractivity contribution in [3.05, 3.63) is 77.5 Å². The highest BCUT2D eigenvalue weighted by molar-refractivity contribution is 6.04. The number of aromatic nitrogens is 2. The topological polar surface area (TPSA) is 46.9 Å². The Morgan fingerprint density at radius 2 is 1.70 bits per heavy atom. The van der Waals surface area contributed by atoms with Crippen molar-refractivity contribution < 1.29 is 18.0 Å². The van der Waals surface area contributed by atoms with Crippen molar-refractivity contribution >= 4 is 11.7 Å². The number of benzene rings is 2. The van der Waals surface area contributed by atoms with Gasteiger partial charge >= 0.3 is 6.18 Å². The third-order valence-electron chi connectivity index (χ3n) is 4.13. The molecule has 0 bridgehead atoms. The van der Waals surface area contributed by atoms with Crippen molar-refractivity contribution in [3.63, 3.8) is 0 Å². The number of hydrogen-bond donors (Lipinski definition) is 1. The van der Waals surface area contributed by atoms with Gasteiger partial charge < -0.3 is 5.32 Å². The molecule has 0 saturated heterocycles. The molecule has 0 spiro atoms. The van der Waals surface area contributed by atoms with Crippen LogP contribution >= 0.6 is 0 Å². The van der Waals surface area contributed by atoms with Gasteiger partial charge in [-0.25, -0.2) is 4.68 Å². The minimum Gasteiger partial charge on any atom is -0.305 e. The number of rotatable bonds is 4. The van der Waals surface area contributed by atoms with Crippen molar-refractivity contribution in [1.82, 2.24) is 9.78 Å². The smallest absolute Gasteiger partial charge is 0.305 e. The lowest BCUT2D eigenvalue weighted by Crippen LogP contribution is -2.19. The predicted molar refractivity (Wildman–Crippen MR) is 97.1 cm³/mol. The van der Waals surface area contributed by atoms with Crippen LogP contribution in [0.2, 0.25) is 0 Å². The lowest BCUT2D eigenvalue weighted by molar-refractivity contribution is -0.137. The Balaban J connectivity index is 1.79. The number of hydrogen-bond acceptors (Lipinski definition) is 2. The first-order chi connectivity index (χ1) is 12.8. The zero-order valence-electron chi connectivity index (χ0n) is 14.8. The molecule has 27 heavy (non-hydrogen) atoms. The molecular formula is C20H18F3N3O. The van der Waals surface area contributed by atoms with Crippen LogP contribution in [0.3, 0.4) is 0 Å². The van der Waals surface area contributed by atoms with Gasteiger partial charge in [0.25, 0.3) is 5.91 Å². The van der Waals surface area contributed by atoms with E-state index < -0.39 is 23.2 Å². The first-order valence-corrected chi connectivity index (χ1v) is 8.39. The molecule has 0 aliphatic heterocycles. The zero-order valence-corrected chi connectivity index (χ0v) is 14.8. The SMILES string of the molecule is CC(C)c1ccc(-n2ccc(NC(=O)c3ccccc3C(F)(F)F)n2)cc1. The summed E-state index contributed by atoms with van der Waals surface area (Å²) in [4.78, 5) is 12.3. The van der Waals surface area contributed by atoms with E-state index in [4.69, 9.17) is 0 Å². The lowest BCUT2D eigenvalue weighted by atomic mass is 10.0. The van der Waals surface area contributed by atoms with Crippen LogP contribution in [-0.2, 0) is 6.18 Å². The normalized spacial score (nSPS) is 11.6. The van der Waals surface area contributed by atoms with Crippen LogP contribution in [0.5, 0.6) is 0 Å². The van der Waals surface area contributed by atoms with Gasteiger partial charge in [0.2, 0.25) is 0 Å². The second kappa shape index (κ2) is 7.26. The maximum Gasteiger partial charge on any atom is 0.417 e. The molecule has 1 N–H and O–H groups in total. The number of nitrogens with zero attached hydrogens (tertiary/aromatic N) is 2. The molecular weight excluding hydrogens is 355 g/mol. The molecule has 3 rings (SSSR count). The minimum atomic E-state index is -4.61. The predicted octanol–water partition coefficient (Wildman–Crippen LogP) is 5.27. The Hall–Kier alpha value is -3.09. The van der Waals surface area contributed by atoms with Crippen molar-refractivity contribution in [3.8, 4) is 5.69 Å². The van der Waals surface area contributed by atoms with Crippen LogP contribution in [0, 0.1) is 0 Å². The third-order valence-corrected chi connectivity index (χ3v) is 4.13. The number of anilines is 1. The Labute approximate surface area is 154 Å². The summed E-state index contributed by atoms with van der Waals surface area (Å²) in [5, 5.41) is 6.64. The van der Waals surface area contributed by atoms with Gasteiger partial charge in [-0.15, -0.1) is 0 Å². The molecule has 4 nitrogen and oxygen atoms in total. The molecule has 0 radical (unpaired) electrons. The zero-order chi connectivity index (χ0) is 19.6. The van der Waals surface area contributed by atoms with Gasteiger partial charge in [0.15, 0.2) is 5.82 Å². The highest BCUT2D eigenvalue weighted by Crippen LogP contribution is 2.32. The van der Waals surface area contributed by atoms with Gasteiger partial charge in [-0.2, -0.15) is 18.3 Å². The Morgan fingerprint density at radius 1 is 1.04 bits per heavy atom. The van der Waals surface area contributed by atoms with Crippen LogP contribution in [0.1, 0.15) is 41.3 Å². The second-order valence-electron chi connectivity index (χ2n) is 6.39. The molecule has 3 aromatic rings. The largest absolute Gasteiger partial charge is 0.417 e. The minimum absolute atomic E-state index is 0.171. The van der Waals surface area contributed by atoms with E-state index in [0.29, 0.717) is 5.92 Å². The van der Waals surface area contributed by atoms with E-state index >= 15 is 0 Å². The fourth-order valence-corrected chi connectivity index (χ4v) is 2.66. The summed E-state index contributed by atoms with van der Waals surface area (Å²) >= 11 is 0. The van der Waals surface area contributed by atoms with E-state index in [1.807, 2.05) is 24.3 Å². The standard InChI is InChI=1S/C20H18F3N3O/c1-13(2)14-7-9-15(10-8-14)26-12-11-18(25-26)24-19(27)16-5-3-4-6-17(16)20(21,22)23/h3-13H,1-2H3,(H,24,25,27). The molecule has 0 aliphatic rings. The van der Waals surface area contributed by atoms with Gasteiger partial charge in [0, 0.05) is 12.3 Å². The van der Waals surface area contributed by atoms with E-state index in [1.165, 1.54) is 23.8 Å². The molecule has 0 fully saturated rings. The molecule has 2 aromatic carbocycles. The summed E-state index contributed by atoms with van der Waals surface area (Å²) in [5.74, 6) is -0.284. The van der Waals surface area contributed by atoms with E-state index in [9.17, 15) is 18.0 Å². The lowest BCUT2D eigenvalue weighted by Gasteiger charge is -2.11. The summed E-state index contributed by atoms with van der Waals surface area (Å²) in [6, 6.07) is 13.9. The highest BCUT2D eigenvalue weighted by Gasteiger charge is 2.34. The maximum atomic E-state index is 13.1. The summed E-state index contributed by atoms with van der Waals surface area (Å²) in [6.07, 6.45) is -2.97. The Morgan fingerprint density at radius 3 is 2.33 bits per heavy atom. The molecule has 0 aliphatic carbocycles. The number of alkyl halides is 3. The quantitative estimate of drug-likeness (QED) is 0.677. The summed E-state index contributed by atoms with van der Waals surface area (Å²) in [6.45, 7) is 4.19. The molecule has 0 atom stereocenters. The molecule has 1 aromatic heterocycles. The number of carbonyl (C=O) groups excluding carboxylic acids is 1. The monoisotopic (exact) mass is 373 g/mol. The molecule has 1 heterocycles. The average molecular weight is 373 g/mol. The first kappa shape index (κ1) is 18.7. The van der Waals surface area contributed by atoms with E-state index in [-0.39, 0.29) is 5.82 Å². The number of amides is 1. The van der Waals surface area contributed by atoms with E-state index in [2.05, 4.69) is 24.3 Å². The van der Waals surface area contributed by atoms with Crippen LogP contribution < -0.4 is 5.32 Å². The van der Waals surface area contributed by atoms with Gasteiger partial charge in [-0.1, -0.05) is 38.1 Å². The summed E-state index contributed by atoms with van der Waals surface area (Å²) in [7, 11) is 0. The molecule has 0 saturated carbocycles. The molecule has 140 valence electrons. The fraction of sp³-hybridized carbons (Fsp3) is 0.200. The number of carbonyl (C=O) groups is 1. The average Bonchev–Trinajstić information content (AvgIpc) is 3.09. The van der Waals surface area contributed by atoms with Crippen molar-refractivity contribution in [2.24, 2.45) is 0 Å². The van der Waals surface area contributed by atoms with Gasteiger partial charge in [0.05, 0.1) is 16.8 Å². The maximum absolute atomic E-state index is 13.1. The third kappa shape index (κ3) is 4.19. The highest BCUT2D eigenvalue weighted by atomic mass is 19.4. The van der Waals surface area contributed by atoms with Crippen molar-refractivity contribution in [2.75, 3.05) is 5.32 Å². The Kier molecular flexibility index (Phi) is 5.03. The number of halogens is 3. The molecule has 1 amide bonds. The van der Waals surface area contributed by atoms with Gasteiger partial charge in [-0.3, -0.25) is 4.79 Å². The van der Waals surface area contributed by atoms with Crippen LogP contribution in [0.15, 0.2) is 60.8 Å². The van der Waals surface area contributed by atoms with Crippen LogP contribution in [-0.4, -0.2) is 15.7 Å². The van der Waals surface area contributed by atoms with Gasteiger partial charge in [-0.05, 0) is 35.7 Å². The van der Waals surface area contributed by atoms with Crippen LogP contribution in [0.25, 0.3) is 5.69 Å². The second-order valence-corrected chi connectivity index (χ2v) is 6.39. The fourth-order valence-electron chi connectivity index (χ4n) is 2.66.